The van der Waals surface area contributed by atoms with Gasteiger partial charge in [0.2, 0.25) is 10.0 Å². The lowest BCUT2D eigenvalue weighted by molar-refractivity contribution is -0.153. The zero-order chi connectivity index (χ0) is 21.7. The van der Waals surface area contributed by atoms with Gasteiger partial charge in [0.25, 0.3) is 11.8 Å². The van der Waals surface area contributed by atoms with Crippen molar-refractivity contribution in [2.24, 2.45) is 5.92 Å². The predicted molar refractivity (Wildman–Crippen MR) is 100 cm³/mol. The summed E-state index contributed by atoms with van der Waals surface area (Å²) in [7, 11) is -4.01. The number of sulfonamides is 1. The molecule has 160 valence electrons. The third kappa shape index (κ3) is 4.92. The molecule has 2 aromatic rings. The summed E-state index contributed by atoms with van der Waals surface area (Å²) >= 11 is 0. The van der Waals surface area contributed by atoms with E-state index < -0.39 is 51.0 Å². The van der Waals surface area contributed by atoms with Crippen LogP contribution in [0.15, 0.2) is 52.0 Å². The molecule has 0 unspecified atom stereocenters. The van der Waals surface area contributed by atoms with Crippen molar-refractivity contribution >= 4 is 27.8 Å². The van der Waals surface area contributed by atoms with E-state index in [2.05, 4.69) is 0 Å². The van der Waals surface area contributed by atoms with E-state index >= 15 is 0 Å². The number of nitrogens with one attached hydrogen (secondary N) is 1. The number of rotatable bonds is 6. The Hall–Kier alpha value is -3.05. The summed E-state index contributed by atoms with van der Waals surface area (Å²) in [5.41, 5.74) is 0. The van der Waals surface area contributed by atoms with Gasteiger partial charge in [0.05, 0.1) is 12.2 Å². The summed E-state index contributed by atoms with van der Waals surface area (Å²) in [5.74, 6) is -3.74. The van der Waals surface area contributed by atoms with Crippen LogP contribution in [0.2, 0.25) is 0 Å². The first-order valence-electron chi connectivity index (χ1n) is 9.08. The summed E-state index contributed by atoms with van der Waals surface area (Å²) < 4.78 is 49.9. The molecule has 0 bridgehead atoms. The van der Waals surface area contributed by atoms with Gasteiger partial charge in [0, 0.05) is 13.1 Å². The number of hydrogen-bond donors (Lipinski definition) is 1. The molecule has 0 aliphatic carbocycles. The van der Waals surface area contributed by atoms with Crippen molar-refractivity contribution in [1.29, 1.82) is 0 Å². The Kier molecular flexibility index (Phi) is 6.63. The second kappa shape index (κ2) is 9.18. The van der Waals surface area contributed by atoms with Crippen LogP contribution in [-0.2, 0) is 24.3 Å². The van der Waals surface area contributed by atoms with E-state index in [1.807, 2.05) is 5.32 Å². The average Bonchev–Trinajstić information content (AvgIpc) is 3.27. The summed E-state index contributed by atoms with van der Waals surface area (Å²) in [5, 5.41) is 2.02. The maximum Gasteiger partial charge on any atom is 0.309 e. The fourth-order valence-corrected chi connectivity index (χ4v) is 4.55. The van der Waals surface area contributed by atoms with Gasteiger partial charge in [-0.1, -0.05) is 12.1 Å². The number of halogens is 1. The molecular weight excluding hydrogens is 419 g/mol. The monoisotopic (exact) mass is 438 g/mol. The van der Waals surface area contributed by atoms with E-state index in [-0.39, 0.29) is 31.7 Å². The molecule has 1 fully saturated rings. The molecule has 2 amide bonds. The molecule has 0 radical (unpaired) electrons. The Morgan fingerprint density at radius 1 is 1.13 bits per heavy atom. The quantitative estimate of drug-likeness (QED) is 0.675. The molecule has 1 N–H and O–H groups in total. The zero-order valence-electron chi connectivity index (χ0n) is 15.7. The summed E-state index contributed by atoms with van der Waals surface area (Å²) in [6, 6.07) is 7.94. The SMILES string of the molecule is O=C(COC(=O)C1CCN(S(=O)(=O)c2ccccc2F)CC1)NC(=O)c1ccco1. The third-order valence-electron chi connectivity index (χ3n) is 4.59. The average molecular weight is 438 g/mol. The highest BCUT2D eigenvalue weighted by Gasteiger charge is 2.34. The van der Waals surface area contributed by atoms with E-state index in [9.17, 15) is 27.2 Å². The number of benzene rings is 1. The largest absolute Gasteiger partial charge is 0.459 e. The van der Waals surface area contributed by atoms with Crippen LogP contribution in [0.25, 0.3) is 0 Å². The summed E-state index contributed by atoms with van der Waals surface area (Å²) in [6.07, 6.45) is 1.61. The second-order valence-corrected chi connectivity index (χ2v) is 8.48. The van der Waals surface area contributed by atoms with Crippen molar-refractivity contribution in [3.05, 3.63) is 54.2 Å². The van der Waals surface area contributed by atoms with Crippen LogP contribution < -0.4 is 5.32 Å². The molecule has 1 aliphatic rings. The molecule has 3 rings (SSSR count). The van der Waals surface area contributed by atoms with Crippen LogP contribution in [-0.4, -0.2) is 50.2 Å². The molecule has 1 aromatic heterocycles. The standard InChI is InChI=1S/C19H19FN2O7S/c20-14-4-1-2-6-16(14)30(26,27)22-9-7-13(8-10-22)19(25)29-12-17(23)21-18(24)15-5-3-11-28-15/h1-6,11,13H,7-10,12H2,(H,21,23,24). The van der Waals surface area contributed by atoms with Crippen molar-refractivity contribution in [3.63, 3.8) is 0 Å². The summed E-state index contributed by atoms with van der Waals surface area (Å²) in [6.45, 7) is -0.627. The van der Waals surface area contributed by atoms with Crippen molar-refractivity contribution in [2.45, 2.75) is 17.7 Å². The van der Waals surface area contributed by atoms with E-state index in [1.165, 1.54) is 36.6 Å². The minimum absolute atomic E-state index is 0.0135. The van der Waals surface area contributed by atoms with Crippen LogP contribution in [0.3, 0.4) is 0 Å². The smallest absolute Gasteiger partial charge is 0.309 e. The molecule has 9 nitrogen and oxygen atoms in total. The van der Waals surface area contributed by atoms with Gasteiger partial charge in [-0.15, -0.1) is 0 Å². The number of carbonyl (C=O) groups excluding carboxylic acids is 3. The number of esters is 1. The minimum Gasteiger partial charge on any atom is -0.459 e. The number of nitrogens with zero attached hydrogens (tertiary/aromatic N) is 1. The van der Waals surface area contributed by atoms with Gasteiger partial charge < -0.3 is 9.15 Å². The number of piperidine rings is 1. The number of carbonyl (C=O) groups is 3. The molecule has 1 saturated heterocycles. The molecule has 0 saturated carbocycles. The van der Waals surface area contributed by atoms with Crippen molar-refractivity contribution in [1.82, 2.24) is 9.62 Å². The van der Waals surface area contributed by atoms with Crippen molar-refractivity contribution in [2.75, 3.05) is 19.7 Å². The second-order valence-electron chi connectivity index (χ2n) is 6.57. The zero-order valence-corrected chi connectivity index (χ0v) is 16.6. The van der Waals surface area contributed by atoms with Gasteiger partial charge in [-0.2, -0.15) is 4.31 Å². The molecule has 1 aliphatic heterocycles. The van der Waals surface area contributed by atoms with Crippen LogP contribution in [0.1, 0.15) is 23.4 Å². The highest BCUT2D eigenvalue weighted by molar-refractivity contribution is 7.89. The maximum atomic E-state index is 13.9. The Labute approximate surface area is 171 Å². The fourth-order valence-electron chi connectivity index (χ4n) is 3.01. The number of ether oxygens (including phenoxy) is 1. The van der Waals surface area contributed by atoms with E-state index in [0.29, 0.717) is 0 Å². The molecule has 30 heavy (non-hydrogen) atoms. The number of amides is 2. The molecule has 0 spiro atoms. The normalized spacial score (nSPS) is 15.5. The number of hydrogen-bond acceptors (Lipinski definition) is 7. The topological polar surface area (TPSA) is 123 Å². The van der Waals surface area contributed by atoms with Gasteiger partial charge in [-0.3, -0.25) is 19.7 Å². The van der Waals surface area contributed by atoms with Crippen LogP contribution in [0.5, 0.6) is 0 Å². The lowest BCUT2D eigenvalue weighted by atomic mass is 9.98. The van der Waals surface area contributed by atoms with Crippen LogP contribution in [0.4, 0.5) is 4.39 Å². The van der Waals surface area contributed by atoms with E-state index in [1.54, 1.807) is 0 Å². The Bertz CT molecular complexity index is 1030. The predicted octanol–water partition coefficient (Wildman–Crippen LogP) is 1.32. The fraction of sp³-hybridized carbons (Fsp3) is 0.316. The first-order valence-corrected chi connectivity index (χ1v) is 10.5. The van der Waals surface area contributed by atoms with Crippen molar-refractivity contribution in [3.8, 4) is 0 Å². The first-order chi connectivity index (χ1) is 14.3. The van der Waals surface area contributed by atoms with Crippen LogP contribution in [0, 0.1) is 11.7 Å². The highest BCUT2D eigenvalue weighted by Crippen LogP contribution is 2.25. The first kappa shape index (κ1) is 21.7. The molecular formula is C19H19FN2O7S. The molecule has 11 heteroatoms. The van der Waals surface area contributed by atoms with Gasteiger partial charge in [0.1, 0.15) is 10.7 Å². The molecule has 0 atom stereocenters. The number of furan rings is 1. The lowest BCUT2D eigenvalue weighted by Crippen LogP contribution is -2.41. The Morgan fingerprint density at radius 3 is 2.47 bits per heavy atom. The minimum atomic E-state index is -4.01. The van der Waals surface area contributed by atoms with E-state index in [4.69, 9.17) is 9.15 Å². The van der Waals surface area contributed by atoms with E-state index in [0.717, 1.165) is 10.4 Å². The van der Waals surface area contributed by atoms with Crippen molar-refractivity contribution < 1.29 is 36.3 Å². The summed E-state index contributed by atoms with van der Waals surface area (Å²) in [4.78, 5) is 35.2. The molecule has 2 heterocycles. The Morgan fingerprint density at radius 2 is 1.83 bits per heavy atom. The van der Waals surface area contributed by atoms with Gasteiger partial charge in [-0.25, -0.2) is 12.8 Å². The van der Waals surface area contributed by atoms with Gasteiger partial charge in [-0.05, 0) is 37.1 Å². The Balaban J connectivity index is 1.48. The number of imide groups is 1. The highest BCUT2D eigenvalue weighted by atomic mass is 32.2. The molecule has 1 aromatic carbocycles. The van der Waals surface area contributed by atoms with Crippen LogP contribution >= 0.6 is 0 Å². The lowest BCUT2D eigenvalue weighted by Gasteiger charge is -2.30. The van der Waals surface area contributed by atoms with Gasteiger partial charge >= 0.3 is 5.97 Å². The third-order valence-corrected chi connectivity index (χ3v) is 6.52. The maximum absolute atomic E-state index is 13.9. The van der Waals surface area contributed by atoms with Gasteiger partial charge in [0.15, 0.2) is 12.4 Å².